The Hall–Kier alpha value is -3.32. The number of benzene rings is 2. The van der Waals surface area contributed by atoms with Crippen molar-refractivity contribution >= 4 is 39.8 Å². The number of hydrogen-bond donors (Lipinski definition) is 0. The first-order valence-corrected chi connectivity index (χ1v) is 12.9. The van der Waals surface area contributed by atoms with Gasteiger partial charge in [-0.3, -0.25) is 9.48 Å². The lowest BCUT2D eigenvalue weighted by Gasteiger charge is -2.20. The number of rotatable bonds is 3. The lowest BCUT2D eigenvalue weighted by atomic mass is 10.0. The van der Waals surface area contributed by atoms with Crippen molar-refractivity contribution in [3.05, 3.63) is 69.8 Å². The topological polar surface area (TPSA) is 53.7 Å². The molecule has 1 amide bonds. The molecule has 3 aromatic rings. The summed E-state index contributed by atoms with van der Waals surface area (Å²) in [5.41, 5.74) is -1.86. The molecule has 1 aromatic heterocycles. The highest BCUT2D eigenvalue weighted by Gasteiger charge is 2.38. The summed E-state index contributed by atoms with van der Waals surface area (Å²) >= 11 is 1.31. The molecule has 2 aromatic carbocycles. The number of carbonyl (C=O) groups is 1. The number of likely N-dealkylation sites (N-methyl/N-ethyl adjacent to an activating group) is 1. The number of fused-ring (bicyclic) bond motifs is 1. The van der Waals surface area contributed by atoms with Crippen molar-refractivity contribution in [1.82, 2.24) is 19.6 Å². The number of nitrogens with zero attached hydrogens (tertiary/aromatic N) is 5. The van der Waals surface area contributed by atoms with Gasteiger partial charge < -0.3 is 9.80 Å². The van der Waals surface area contributed by atoms with Crippen LogP contribution in [0.25, 0.3) is 17.0 Å². The summed E-state index contributed by atoms with van der Waals surface area (Å²) in [5, 5.41) is 5.44. The molecule has 1 fully saturated rings. The molecule has 0 N–H and O–H groups in total. The molecule has 0 saturated carbocycles. The van der Waals surface area contributed by atoms with E-state index < -0.39 is 23.5 Å². The molecule has 0 aliphatic carbocycles. The Morgan fingerprint density at radius 3 is 2.51 bits per heavy atom. The summed E-state index contributed by atoms with van der Waals surface area (Å²) in [6, 6.07) is 6.70. The maximum absolute atomic E-state index is 13.6. The molecule has 0 unspecified atom stereocenters. The number of carbonyl (C=O) groups excluding carboxylic acids is 1. The van der Waals surface area contributed by atoms with Gasteiger partial charge in [0.15, 0.2) is 5.17 Å². The van der Waals surface area contributed by atoms with Crippen molar-refractivity contribution in [3.63, 3.8) is 0 Å². The van der Waals surface area contributed by atoms with Crippen molar-refractivity contribution in [2.45, 2.75) is 25.3 Å². The average Bonchev–Trinajstić information content (AvgIpc) is 3.34. The maximum Gasteiger partial charge on any atom is 0.416 e. The van der Waals surface area contributed by atoms with Gasteiger partial charge in [0.25, 0.3) is 5.91 Å². The number of halogens is 6. The molecule has 39 heavy (non-hydrogen) atoms. The molecule has 0 radical (unpaired) electrons. The summed E-state index contributed by atoms with van der Waals surface area (Å²) in [6.07, 6.45) is -5.71. The van der Waals surface area contributed by atoms with E-state index in [0.29, 0.717) is 32.6 Å². The van der Waals surface area contributed by atoms with E-state index in [-0.39, 0.29) is 24.1 Å². The predicted octanol–water partition coefficient (Wildman–Crippen LogP) is 5.73. The first kappa shape index (κ1) is 27.3. The quantitative estimate of drug-likeness (QED) is 0.299. The molecular formula is C26H23F6N5OS. The van der Waals surface area contributed by atoms with E-state index in [9.17, 15) is 31.1 Å². The fourth-order valence-corrected chi connectivity index (χ4v) is 5.52. The molecule has 5 rings (SSSR count). The van der Waals surface area contributed by atoms with Gasteiger partial charge >= 0.3 is 12.4 Å². The molecule has 2 aliphatic rings. The Kier molecular flexibility index (Phi) is 7.23. The van der Waals surface area contributed by atoms with Crippen LogP contribution in [0.4, 0.5) is 26.3 Å². The van der Waals surface area contributed by atoms with Crippen LogP contribution >= 0.6 is 11.8 Å². The Balaban J connectivity index is 1.36. The van der Waals surface area contributed by atoms with Crippen LogP contribution in [0.1, 0.15) is 28.7 Å². The summed E-state index contributed by atoms with van der Waals surface area (Å²) < 4.78 is 81.0. The minimum Gasteiger partial charge on any atom is -0.349 e. The van der Waals surface area contributed by atoms with Crippen LogP contribution in [0.2, 0.25) is 0 Å². The number of amides is 1. The minimum atomic E-state index is -4.96. The Labute approximate surface area is 224 Å². The third-order valence-corrected chi connectivity index (χ3v) is 7.67. The zero-order valence-electron chi connectivity index (χ0n) is 20.7. The van der Waals surface area contributed by atoms with Crippen LogP contribution in [0.15, 0.2) is 52.5 Å². The van der Waals surface area contributed by atoms with Gasteiger partial charge in [-0.15, -0.1) is 0 Å². The van der Waals surface area contributed by atoms with E-state index in [1.807, 2.05) is 0 Å². The molecule has 3 heterocycles. The van der Waals surface area contributed by atoms with E-state index >= 15 is 0 Å². The highest BCUT2D eigenvalue weighted by molar-refractivity contribution is 8.18. The van der Waals surface area contributed by atoms with Gasteiger partial charge in [-0.1, -0.05) is 12.1 Å². The zero-order valence-corrected chi connectivity index (χ0v) is 21.5. The smallest absolute Gasteiger partial charge is 0.349 e. The van der Waals surface area contributed by atoms with E-state index in [1.165, 1.54) is 22.6 Å². The van der Waals surface area contributed by atoms with E-state index in [2.05, 4.69) is 26.9 Å². The highest BCUT2D eigenvalue weighted by Crippen LogP contribution is 2.38. The molecular weight excluding hydrogens is 544 g/mol. The van der Waals surface area contributed by atoms with Gasteiger partial charge in [-0.25, -0.2) is 0 Å². The number of alkyl halides is 6. The van der Waals surface area contributed by atoms with Crippen LogP contribution < -0.4 is 0 Å². The molecule has 0 bridgehead atoms. The summed E-state index contributed by atoms with van der Waals surface area (Å²) in [5.74, 6) is -0.328. The molecule has 1 saturated heterocycles. The molecule has 2 aliphatic heterocycles. The van der Waals surface area contributed by atoms with Crippen LogP contribution in [0.3, 0.4) is 0 Å². The molecule has 13 heteroatoms. The lowest BCUT2D eigenvalue weighted by molar-refractivity contribution is -0.143. The van der Waals surface area contributed by atoms with Gasteiger partial charge in [0.05, 0.1) is 34.3 Å². The van der Waals surface area contributed by atoms with Crippen LogP contribution in [0, 0.1) is 0 Å². The highest BCUT2D eigenvalue weighted by atomic mass is 32.2. The van der Waals surface area contributed by atoms with Gasteiger partial charge in [0.1, 0.15) is 0 Å². The number of aliphatic imine (C=N–C) groups is 1. The van der Waals surface area contributed by atoms with Crippen molar-refractivity contribution in [1.29, 1.82) is 0 Å². The normalized spacial score (nSPS) is 18.7. The predicted molar refractivity (Wildman–Crippen MR) is 137 cm³/mol. The van der Waals surface area contributed by atoms with E-state index in [4.69, 9.17) is 0 Å². The lowest BCUT2D eigenvalue weighted by Crippen LogP contribution is -2.32. The van der Waals surface area contributed by atoms with Crippen molar-refractivity contribution in [3.8, 4) is 0 Å². The van der Waals surface area contributed by atoms with Crippen molar-refractivity contribution < 1.29 is 31.1 Å². The second-order valence-electron chi connectivity index (χ2n) is 9.44. The monoisotopic (exact) mass is 567 g/mol. The SMILES string of the molecule is CN1CCCN(C2=NC(=O)/C(=C/c3ccc4c(cnn4Cc4ccc(C(F)(F)F)cc4C(F)(F)F)c3)S2)CC1. The molecule has 0 spiro atoms. The van der Waals surface area contributed by atoms with E-state index in [0.717, 1.165) is 38.7 Å². The van der Waals surface area contributed by atoms with Crippen LogP contribution in [-0.4, -0.2) is 63.9 Å². The largest absolute Gasteiger partial charge is 0.416 e. The number of hydrogen-bond acceptors (Lipinski definition) is 5. The molecule has 0 atom stereocenters. The summed E-state index contributed by atoms with van der Waals surface area (Å²) in [7, 11) is 2.06. The fraction of sp³-hybridized carbons (Fsp3) is 0.346. The minimum absolute atomic E-state index is 0.127. The number of amidine groups is 1. The third kappa shape index (κ3) is 5.98. The Morgan fingerprint density at radius 1 is 0.974 bits per heavy atom. The first-order chi connectivity index (χ1) is 18.4. The Morgan fingerprint density at radius 2 is 1.77 bits per heavy atom. The maximum atomic E-state index is 13.6. The Bertz CT molecular complexity index is 1480. The van der Waals surface area contributed by atoms with Crippen LogP contribution in [-0.2, 0) is 23.7 Å². The summed E-state index contributed by atoms with van der Waals surface area (Å²) in [6.45, 7) is 3.09. The second-order valence-corrected chi connectivity index (χ2v) is 10.5. The second kappa shape index (κ2) is 10.3. The van der Waals surface area contributed by atoms with Gasteiger partial charge in [-0.2, -0.15) is 36.4 Å². The molecule has 6 nitrogen and oxygen atoms in total. The average molecular weight is 568 g/mol. The summed E-state index contributed by atoms with van der Waals surface area (Å²) in [4.78, 5) is 21.6. The fourth-order valence-electron chi connectivity index (χ4n) is 4.56. The standard InChI is InChI=1S/C26H23F6N5OS/c1-35-7-2-8-36(10-9-35)24-34-23(38)22(39-24)12-16-3-6-21-18(11-16)14-33-37(21)15-17-4-5-19(25(27,28)29)13-20(17)26(30,31)32/h3-6,11-14H,2,7-10,15H2,1H3/b22-12-. The van der Waals surface area contributed by atoms with Gasteiger partial charge in [0, 0.05) is 25.0 Å². The van der Waals surface area contributed by atoms with Gasteiger partial charge in [-0.05, 0) is 73.2 Å². The molecule has 206 valence electrons. The van der Waals surface area contributed by atoms with Crippen molar-refractivity contribution in [2.75, 3.05) is 33.2 Å². The third-order valence-electron chi connectivity index (χ3n) is 6.63. The van der Waals surface area contributed by atoms with Crippen molar-refractivity contribution in [2.24, 2.45) is 4.99 Å². The first-order valence-electron chi connectivity index (χ1n) is 12.1. The van der Waals surface area contributed by atoms with Crippen LogP contribution in [0.5, 0.6) is 0 Å². The van der Waals surface area contributed by atoms with E-state index in [1.54, 1.807) is 24.3 Å². The number of thioether (sulfide) groups is 1. The number of aromatic nitrogens is 2. The zero-order chi connectivity index (χ0) is 27.9. The van der Waals surface area contributed by atoms with Gasteiger partial charge in [0.2, 0.25) is 0 Å².